The van der Waals surface area contributed by atoms with Gasteiger partial charge in [-0.15, -0.1) is 0 Å². The van der Waals surface area contributed by atoms with E-state index in [0.717, 1.165) is 44.5 Å². The van der Waals surface area contributed by atoms with E-state index in [0.29, 0.717) is 12.6 Å². The fraction of sp³-hybridized carbons (Fsp3) is 0.611. The van der Waals surface area contributed by atoms with Crippen molar-refractivity contribution >= 4 is 11.8 Å². The normalized spacial score (nSPS) is 18.8. The summed E-state index contributed by atoms with van der Waals surface area (Å²) in [7, 11) is 1.82. The third kappa shape index (κ3) is 4.69. The number of rotatable bonds is 5. The summed E-state index contributed by atoms with van der Waals surface area (Å²) in [5.41, 5.74) is 0.751. The Hall–Kier alpha value is -2.15. The third-order valence-corrected chi connectivity index (χ3v) is 4.96. The van der Waals surface area contributed by atoms with Crippen LogP contribution in [0.1, 0.15) is 41.7 Å². The largest absolute Gasteiger partial charge is 0.354 e. The van der Waals surface area contributed by atoms with Crippen molar-refractivity contribution in [3.05, 3.63) is 33.7 Å². The molecule has 2 aliphatic rings. The SMILES string of the molecule is Cc1cc(=O)c(C(=O)NC2CCN(CC(=O)NC3CC3)CC2)cn1C. The van der Waals surface area contributed by atoms with E-state index >= 15 is 0 Å². The lowest BCUT2D eigenvalue weighted by atomic mass is 10.0. The predicted octanol–water partition coefficient (Wildman–Crippen LogP) is 0.167. The van der Waals surface area contributed by atoms with Crippen LogP contribution >= 0.6 is 0 Å². The molecule has 7 heteroatoms. The van der Waals surface area contributed by atoms with Crippen molar-refractivity contribution in [3.63, 3.8) is 0 Å². The van der Waals surface area contributed by atoms with Crippen LogP contribution in [0.2, 0.25) is 0 Å². The van der Waals surface area contributed by atoms with Crippen LogP contribution in [0, 0.1) is 6.92 Å². The van der Waals surface area contributed by atoms with Gasteiger partial charge in [-0.25, -0.2) is 0 Å². The van der Waals surface area contributed by atoms with Gasteiger partial charge in [0.2, 0.25) is 5.91 Å². The van der Waals surface area contributed by atoms with E-state index in [2.05, 4.69) is 15.5 Å². The van der Waals surface area contributed by atoms with Crippen molar-refractivity contribution in [2.45, 2.75) is 44.7 Å². The Kier molecular flexibility index (Phi) is 5.22. The van der Waals surface area contributed by atoms with Gasteiger partial charge in [0.25, 0.3) is 5.91 Å². The molecule has 1 aliphatic carbocycles. The van der Waals surface area contributed by atoms with Crippen LogP contribution in [0.4, 0.5) is 0 Å². The number of nitrogens with zero attached hydrogens (tertiary/aromatic N) is 2. The first kappa shape index (κ1) is 17.7. The van der Waals surface area contributed by atoms with Gasteiger partial charge in [0, 0.05) is 50.2 Å². The maximum absolute atomic E-state index is 12.4. The minimum Gasteiger partial charge on any atom is -0.354 e. The predicted molar refractivity (Wildman–Crippen MR) is 94.5 cm³/mol. The Morgan fingerprint density at radius 2 is 1.76 bits per heavy atom. The number of aromatic nitrogens is 1. The Labute approximate surface area is 147 Å². The lowest BCUT2D eigenvalue weighted by Gasteiger charge is -2.31. The van der Waals surface area contributed by atoms with Gasteiger partial charge in [-0.05, 0) is 32.6 Å². The zero-order chi connectivity index (χ0) is 18.0. The Morgan fingerprint density at radius 1 is 1.12 bits per heavy atom. The lowest BCUT2D eigenvalue weighted by molar-refractivity contribution is -0.122. The molecule has 2 N–H and O–H groups in total. The maximum atomic E-state index is 12.4. The second kappa shape index (κ2) is 7.39. The van der Waals surface area contributed by atoms with Crippen LogP contribution in [-0.2, 0) is 11.8 Å². The summed E-state index contributed by atoms with van der Waals surface area (Å²) >= 11 is 0. The third-order valence-electron chi connectivity index (χ3n) is 4.96. The van der Waals surface area contributed by atoms with Gasteiger partial charge >= 0.3 is 0 Å². The van der Waals surface area contributed by atoms with E-state index in [1.165, 1.54) is 6.07 Å². The first-order valence-corrected chi connectivity index (χ1v) is 8.92. The van der Waals surface area contributed by atoms with Gasteiger partial charge in [-0.1, -0.05) is 0 Å². The molecule has 0 bridgehead atoms. The molecule has 0 atom stereocenters. The van der Waals surface area contributed by atoms with Crippen LogP contribution in [0.15, 0.2) is 17.1 Å². The molecular weight excluding hydrogens is 320 g/mol. The molecule has 1 saturated heterocycles. The minimum atomic E-state index is -0.314. The molecule has 2 amide bonds. The van der Waals surface area contributed by atoms with Crippen molar-refractivity contribution in [3.8, 4) is 0 Å². The molecule has 3 rings (SSSR count). The first-order chi connectivity index (χ1) is 11.9. The van der Waals surface area contributed by atoms with Crippen LogP contribution < -0.4 is 16.1 Å². The van der Waals surface area contributed by atoms with Crippen LogP contribution in [0.3, 0.4) is 0 Å². The number of hydrogen-bond acceptors (Lipinski definition) is 4. The van der Waals surface area contributed by atoms with Gasteiger partial charge in [-0.2, -0.15) is 0 Å². The quantitative estimate of drug-likeness (QED) is 0.796. The fourth-order valence-electron chi connectivity index (χ4n) is 3.10. The molecule has 7 nitrogen and oxygen atoms in total. The number of amides is 2. The van der Waals surface area contributed by atoms with Crippen LogP contribution in [0.25, 0.3) is 0 Å². The maximum Gasteiger partial charge on any atom is 0.256 e. The van der Waals surface area contributed by atoms with Gasteiger partial charge in [0.05, 0.1) is 6.54 Å². The molecule has 136 valence electrons. The second-order valence-corrected chi connectivity index (χ2v) is 7.17. The fourth-order valence-corrected chi connectivity index (χ4v) is 3.10. The summed E-state index contributed by atoms with van der Waals surface area (Å²) in [4.78, 5) is 38.4. The molecule has 0 radical (unpaired) electrons. The van der Waals surface area contributed by atoms with Gasteiger partial charge < -0.3 is 15.2 Å². The number of pyridine rings is 1. The summed E-state index contributed by atoms with van der Waals surface area (Å²) in [6, 6.07) is 1.92. The van der Waals surface area contributed by atoms with Crippen molar-refractivity contribution in [2.24, 2.45) is 7.05 Å². The van der Waals surface area contributed by atoms with Crippen molar-refractivity contribution in [2.75, 3.05) is 19.6 Å². The Balaban J connectivity index is 1.48. The summed E-state index contributed by atoms with van der Waals surface area (Å²) in [6.45, 7) is 3.80. The summed E-state index contributed by atoms with van der Waals surface area (Å²) in [6.07, 6.45) is 5.35. The zero-order valence-electron chi connectivity index (χ0n) is 14.9. The van der Waals surface area contributed by atoms with Crippen molar-refractivity contribution in [1.29, 1.82) is 0 Å². The molecule has 1 aliphatic heterocycles. The highest BCUT2D eigenvalue weighted by Crippen LogP contribution is 2.18. The average Bonchev–Trinajstić information content (AvgIpc) is 3.36. The molecule has 1 aromatic heterocycles. The standard InChI is InChI=1S/C18H26N4O3/c1-12-9-16(23)15(10-21(12)2)18(25)20-14-5-7-22(8-6-14)11-17(24)19-13-3-4-13/h9-10,13-14H,3-8,11H2,1-2H3,(H,19,24)(H,20,25). The smallest absolute Gasteiger partial charge is 0.256 e. The van der Waals surface area contributed by atoms with E-state index in [9.17, 15) is 14.4 Å². The molecule has 0 unspecified atom stereocenters. The number of carbonyl (C=O) groups is 2. The number of hydrogen-bond donors (Lipinski definition) is 2. The molecule has 1 saturated carbocycles. The van der Waals surface area contributed by atoms with Gasteiger partial charge in [0.15, 0.2) is 5.43 Å². The van der Waals surface area contributed by atoms with Gasteiger partial charge in [0.1, 0.15) is 5.56 Å². The highest BCUT2D eigenvalue weighted by atomic mass is 16.2. The highest BCUT2D eigenvalue weighted by Gasteiger charge is 2.26. The number of carbonyl (C=O) groups excluding carboxylic acids is 2. The number of piperidine rings is 1. The summed E-state index contributed by atoms with van der Waals surface area (Å²) in [5, 5.41) is 5.95. The van der Waals surface area contributed by atoms with Crippen molar-refractivity contribution < 1.29 is 9.59 Å². The first-order valence-electron chi connectivity index (χ1n) is 8.92. The topological polar surface area (TPSA) is 83.4 Å². The second-order valence-electron chi connectivity index (χ2n) is 7.17. The van der Waals surface area contributed by atoms with Crippen LogP contribution in [-0.4, -0.2) is 53.0 Å². The number of nitrogens with one attached hydrogen (secondary N) is 2. The summed E-state index contributed by atoms with van der Waals surface area (Å²) in [5.74, 6) is -0.223. The van der Waals surface area contributed by atoms with E-state index < -0.39 is 0 Å². The van der Waals surface area contributed by atoms with Crippen molar-refractivity contribution in [1.82, 2.24) is 20.1 Å². The molecule has 2 fully saturated rings. The van der Waals surface area contributed by atoms with E-state index in [4.69, 9.17) is 0 Å². The molecule has 0 aromatic carbocycles. The summed E-state index contributed by atoms with van der Waals surface area (Å²) < 4.78 is 1.78. The Bertz CT molecular complexity index is 716. The molecule has 25 heavy (non-hydrogen) atoms. The highest BCUT2D eigenvalue weighted by molar-refractivity contribution is 5.94. The number of aryl methyl sites for hydroxylation is 2. The van der Waals surface area contributed by atoms with E-state index in [1.54, 1.807) is 10.8 Å². The van der Waals surface area contributed by atoms with E-state index in [1.807, 2.05) is 14.0 Å². The molecule has 1 aromatic rings. The zero-order valence-corrected chi connectivity index (χ0v) is 14.9. The molecular formula is C18H26N4O3. The Morgan fingerprint density at radius 3 is 2.40 bits per heavy atom. The van der Waals surface area contributed by atoms with Crippen LogP contribution in [0.5, 0.6) is 0 Å². The minimum absolute atomic E-state index is 0.0428. The average molecular weight is 346 g/mol. The molecule has 0 spiro atoms. The number of likely N-dealkylation sites (tertiary alicyclic amines) is 1. The lowest BCUT2D eigenvalue weighted by Crippen LogP contribution is -2.48. The monoisotopic (exact) mass is 346 g/mol. The van der Waals surface area contributed by atoms with Gasteiger partial charge in [-0.3, -0.25) is 19.3 Å². The molecule has 2 heterocycles. The van der Waals surface area contributed by atoms with E-state index in [-0.39, 0.29) is 28.8 Å².